The zero-order valence-corrected chi connectivity index (χ0v) is 18.3. The van der Waals surface area contributed by atoms with Gasteiger partial charge in [0.05, 0.1) is 12.8 Å². The lowest BCUT2D eigenvalue weighted by Crippen LogP contribution is -2.35. The number of hydrogen-bond donors (Lipinski definition) is 1. The summed E-state index contributed by atoms with van der Waals surface area (Å²) in [6.45, 7) is 8.00. The summed E-state index contributed by atoms with van der Waals surface area (Å²) in [5.74, 6) is 0.528. The predicted molar refractivity (Wildman–Crippen MR) is 122 cm³/mol. The van der Waals surface area contributed by atoms with Crippen LogP contribution in [0.1, 0.15) is 50.4 Å². The largest absolute Gasteiger partial charge is 0.495 e. The van der Waals surface area contributed by atoms with Gasteiger partial charge in [0.15, 0.2) is 0 Å². The molecule has 1 N–H and O–H groups in total. The molecule has 2 amide bonds. The van der Waals surface area contributed by atoms with Gasteiger partial charge in [-0.05, 0) is 76.1 Å². The lowest BCUT2D eigenvalue weighted by molar-refractivity contribution is -0.119. The van der Waals surface area contributed by atoms with Crippen molar-refractivity contribution in [1.82, 2.24) is 0 Å². The van der Waals surface area contributed by atoms with Crippen molar-refractivity contribution >= 4 is 28.9 Å². The molecule has 0 aliphatic carbocycles. The summed E-state index contributed by atoms with van der Waals surface area (Å²) in [4.78, 5) is 29.1. The summed E-state index contributed by atoms with van der Waals surface area (Å²) in [5, 5.41) is 2.94. The monoisotopic (exact) mass is 409 g/mol. The van der Waals surface area contributed by atoms with Gasteiger partial charge in [-0.25, -0.2) is 0 Å². The first kappa shape index (κ1) is 21.7. The molecule has 1 aliphatic rings. The molecule has 6 nitrogen and oxygen atoms in total. The summed E-state index contributed by atoms with van der Waals surface area (Å²) >= 11 is 0. The van der Waals surface area contributed by atoms with Gasteiger partial charge in [-0.2, -0.15) is 0 Å². The van der Waals surface area contributed by atoms with Crippen molar-refractivity contribution in [1.29, 1.82) is 0 Å². The molecule has 0 radical (unpaired) electrons. The highest BCUT2D eigenvalue weighted by Crippen LogP contribution is 2.33. The van der Waals surface area contributed by atoms with Crippen molar-refractivity contribution in [3.63, 3.8) is 0 Å². The molecule has 0 unspecified atom stereocenters. The van der Waals surface area contributed by atoms with E-state index < -0.39 is 0 Å². The number of nitrogens with zero attached hydrogens (tertiary/aromatic N) is 2. The van der Waals surface area contributed by atoms with Crippen LogP contribution in [0.15, 0.2) is 42.5 Å². The summed E-state index contributed by atoms with van der Waals surface area (Å²) in [6, 6.07) is 13.4. The van der Waals surface area contributed by atoms with Crippen molar-refractivity contribution < 1.29 is 14.3 Å². The average molecular weight is 410 g/mol. The second-order valence-corrected chi connectivity index (χ2v) is 7.77. The fraction of sp³-hybridized carbons (Fsp3) is 0.417. The SMILES string of the molecule is CCN(c1ccc(C(=O)Nc2ccc(OC)c(N3CCCCC3=O)c2)cc1)C(C)C. The van der Waals surface area contributed by atoms with Crippen molar-refractivity contribution in [3.05, 3.63) is 48.0 Å². The molecule has 1 heterocycles. The molecule has 0 saturated carbocycles. The van der Waals surface area contributed by atoms with Gasteiger partial charge in [-0.1, -0.05) is 0 Å². The summed E-state index contributed by atoms with van der Waals surface area (Å²) < 4.78 is 5.45. The Labute approximate surface area is 178 Å². The molecule has 0 bridgehead atoms. The van der Waals surface area contributed by atoms with Crippen LogP contribution in [0.2, 0.25) is 0 Å². The van der Waals surface area contributed by atoms with E-state index in [1.165, 1.54) is 0 Å². The fourth-order valence-electron chi connectivity index (χ4n) is 3.89. The van der Waals surface area contributed by atoms with Crippen LogP contribution in [-0.4, -0.2) is 38.1 Å². The molecule has 0 spiro atoms. The van der Waals surface area contributed by atoms with Crippen molar-refractivity contribution in [3.8, 4) is 5.75 Å². The molecule has 2 aromatic rings. The molecule has 160 valence electrons. The van der Waals surface area contributed by atoms with Crippen LogP contribution >= 0.6 is 0 Å². The Bertz CT molecular complexity index is 893. The molecule has 0 aromatic heterocycles. The first-order chi connectivity index (χ1) is 14.4. The van der Waals surface area contributed by atoms with Crippen LogP contribution in [0.4, 0.5) is 17.1 Å². The highest BCUT2D eigenvalue weighted by molar-refractivity contribution is 6.05. The van der Waals surface area contributed by atoms with E-state index in [1.54, 1.807) is 24.1 Å². The molecule has 6 heteroatoms. The zero-order chi connectivity index (χ0) is 21.7. The Hall–Kier alpha value is -3.02. The number of rotatable bonds is 7. The van der Waals surface area contributed by atoms with Crippen molar-refractivity contribution in [2.75, 3.05) is 35.3 Å². The minimum atomic E-state index is -0.185. The van der Waals surface area contributed by atoms with Gasteiger partial charge in [0.1, 0.15) is 5.75 Å². The van der Waals surface area contributed by atoms with Crippen LogP contribution in [0.25, 0.3) is 0 Å². The van der Waals surface area contributed by atoms with Gasteiger partial charge in [0.2, 0.25) is 5.91 Å². The summed E-state index contributed by atoms with van der Waals surface area (Å²) in [7, 11) is 1.59. The smallest absolute Gasteiger partial charge is 0.255 e. The van der Waals surface area contributed by atoms with Crippen LogP contribution in [0, 0.1) is 0 Å². The second kappa shape index (κ2) is 9.65. The van der Waals surface area contributed by atoms with Gasteiger partial charge >= 0.3 is 0 Å². The lowest BCUT2D eigenvalue weighted by Gasteiger charge is -2.28. The van der Waals surface area contributed by atoms with E-state index in [1.807, 2.05) is 30.3 Å². The Morgan fingerprint density at radius 1 is 1.17 bits per heavy atom. The van der Waals surface area contributed by atoms with Crippen LogP contribution in [-0.2, 0) is 4.79 Å². The standard InChI is InChI=1S/C24H31N3O3/c1-5-26(17(2)3)20-12-9-18(10-13-20)24(29)25-19-11-14-22(30-4)21(16-19)27-15-7-6-8-23(27)28/h9-14,16-17H,5-8,15H2,1-4H3,(H,25,29). The third-order valence-electron chi connectivity index (χ3n) is 5.48. The lowest BCUT2D eigenvalue weighted by atomic mass is 10.1. The molecule has 2 aromatic carbocycles. The summed E-state index contributed by atoms with van der Waals surface area (Å²) in [5.41, 5.74) is 3.02. The highest BCUT2D eigenvalue weighted by Gasteiger charge is 2.23. The maximum Gasteiger partial charge on any atom is 0.255 e. The van der Waals surface area contributed by atoms with Crippen LogP contribution in [0.3, 0.4) is 0 Å². The fourth-order valence-corrected chi connectivity index (χ4v) is 3.89. The number of benzene rings is 2. The molecular formula is C24H31N3O3. The van der Waals surface area contributed by atoms with E-state index in [-0.39, 0.29) is 11.8 Å². The Morgan fingerprint density at radius 3 is 2.50 bits per heavy atom. The normalized spacial score (nSPS) is 14.0. The van der Waals surface area contributed by atoms with Crippen molar-refractivity contribution in [2.45, 2.75) is 46.1 Å². The Balaban J connectivity index is 1.78. The number of carbonyl (C=O) groups excluding carboxylic acids is 2. The molecule has 30 heavy (non-hydrogen) atoms. The third kappa shape index (κ3) is 4.75. The number of nitrogens with one attached hydrogen (secondary N) is 1. The topological polar surface area (TPSA) is 61.9 Å². The number of piperidine rings is 1. The van der Waals surface area contributed by atoms with Crippen LogP contribution in [0.5, 0.6) is 5.75 Å². The van der Waals surface area contributed by atoms with Crippen LogP contribution < -0.4 is 19.9 Å². The maximum atomic E-state index is 12.8. The second-order valence-electron chi connectivity index (χ2n) is 7.77. The van der Waals surface area contributed by atoms with E-state index in [9.17, 15) is 9.59 Å². The van der Waals surface area contributed by atoms with Gasteiger partial charge < -0.3 is 19.9 Å². The molecule has 3 rings (SSSR count). The minimum absolute atomic E-state index is 0.0873. The number of methoxy groups -OCH3 is 1. The van der Waals surface area contributed by atoms with Crippen molar-refractivity contribution in [2.24, 2.45) is 0 Å². The molecule has 1 fully saturated rings. The van der Waals surface area contributed by atoms with E-state index in [0.29, 0.717) is 41.7 Å². The van der Waals surface area contributed by atoms with E-state index in [0.717, 1.165) is 25.1 Å². The number of amides is 2. The summed E-state index contributed by atoms with van der Waals surface area (Å²) in [6.07, 6.45) is 2.41. The third-order valence-corrected chi connectivity index (χ3v) is 5.48. The van der Waals surface area contributed by atoms with E-state index in [2.05, 4.69) is 31.0 Å². The number of ether oxygens (including phenoxy) is 1. The quantitative estimate of drug-likeness (QED) is 0.720. The molecule has 0 atom stereocenters. The molecular weight excluding hydrogens is 378 g/mol. The van der Waals surface area contributed by atoms with Gasteiger partial charge in [0.25, 0.3) is 5.91 Å². The number of anilines is 3. The van der Waals surface area contributed by atoms with Gasteiger partial charge in [-0.3, -0.25) is 9.59 Å². The van der Waals surface area contributed by atoms with E-state index in [4.69, 9.17) is 4.74 Å². The Kier molecular flexibility index (Phi) is 6.98. The van der Waals surface area contributed by atoms with E-state index >= 15 is 0 Å². The predicted octanol–water partition coefficient (Wildman–Crippen LogP) is 4.70. The number of hydrogen-bond acceptors (Lipinski definition) is 4. The molecule has 1 aliphatic heterocycles. The maximum absolute atomic E-state index is 12.8. The first-order valence-electron chi connectivity index (χ1n) is 10.6. The average Bonchev–Trinajstić information content (AvgIpc) is 2.75. The highest BCUT2D eigenvalue weighted by atomic mass is 16.5. The molecule has 1 saturated heterocycles. The minimum Gasteiger partial charge on any atom is -0.495 e. The Morgan fingerprint density at radius 2 is 1.90 bits per heavy atom. The first-order valence-corrected chi connectivity index (χ1v) is 10.6. The van der Waals surface area contributed by atoms with Gasteiger partial charge in [-0.15, -0.1) is 0 Å². The number of carbonyl (C=O) groups is 2. The van der Waals surface area contributed by atoms with Gasteiger partial charge in [0, 0.05) is 42.5 Å². The zero-order valence-electron chi connectivity index (χ0n) is 18.3.